The molecule has 0 N–H and O–H groups in total. The summed E-state index contributed by atoms with van der Waals surface area (Å²) in [6.45, 7) is 16.1. The molecule has 2 aromatic heterocycles. The Morgan fingerprint density at radius 2 is 1.41 bits per heavy atom. The summed E-state index contributed by atoms with van der Waals surface area (Å²) < 4.78 is 4.78. The van der Waals surface area contributed by atoms with Crippen molar-refractivity contribution in [3.63, 3.8) is 0 Å². The summed E-state index contributed by atoms with van der Waals surface area (Å²) in [7, 11) is 2.17. The molecule has 0 amide bonds. The van der Waals surface area contributed by atoms with Gasteiger partial charge >= 0.3 is 0 Å². The standard InChI is InChI=1S/C42H43N2/c1-27-16-18-30(42(5,6)7)25-37(27)40-36-20-17-28-24-31(19-21-32(28)33(36)22-23-43(40)8)44-38-15-10-9-13-34(38)35-14-11-12-29(39(35)44)26-41(2,3)4/h9-25H,26H2,1-8H3/q+1. The molecule has 0 unspecified atom stereocenters. The van der Waals surface area contributed by atoms with Gasteiger partial charge < -0.3 is 4.57 Å². The molecule has 2 heterocycles. The van der Waals surface area contributed by atoms with E-state index in [0.717, 1.165) is 6.42 Å². The smallest absolute Gasteiger partial charge is 0.220 e. The summed E-state index contributed by atoms with van der Waals surface area (Å²) in [6, 6.07) is 36.6. The fourth-order valence-corrected chi connectivity index (χ4v) is 7.07. The van der Waals surface area contributed by atoms with Crippen molar-refractivity contribution in [2.45, 2.75) is 60.3 Å². The lowest BCUT2D eigenvalue weighted by molar-refractivity contribution is -0.659. The molecule has 0 atom stereocenters. The number of fused-ring (bicyclic) bond motifs is 6. The maximum absolute atomic E-state index is 2.49. The predicted octanol–water partition coefficient (Wildman–Crippen LogP) is 10.8. The molecule has 0 spiro atoms. The van der Waals surface area contributed by atoms with Crippen molar-refractivity contribution in [1.29, 1.82) is 0 Å². The average Bonchev–Trinajstić information content (AvgIpc) is 3.31. The Bertz CT molecular complexity index is 2230. The third-order valence-electron chi connectivity index (χ3n) is 9.23. The zero-order valence-corrected chi connectivity index (χ0v) is 27.4. The van der Waals surface area contributed by atoms with Crippen LogP contribution in [0.25, 0.3) is 60.3 Å². The highest BCUT2D eigenvalue weighted by Crippen LogP contribution is 2.39. The van der Waals surface area contributed by atoms with E-state index in [1.165, 1.54) is 77.0 Å². The minimum absolute atomic E-state index is 0.0915. The minimum atomic E-state index is 0.0915. The van der Waals surface area contributed by atoms with Crippen molar-refractivity contribution in [2.75, 3.05) is 0 Å². The Labute approximate surface area is 261 Å². The molecule has 0 fully saturated rings. The van der Waals surface area contributed by atoms with Crippen LogP contribution in [0.4, 0.5) is 0 Å². The highest BCUT2D eigenvalue weighted by molar-refractivity contribution is 6.13. The van der Waals surface area contributed by atoms with Crippen molar-refractivity contribution in [2.24, 2.45) is 12.5 Å². The maximum atomic E-state index is 2.49. The van der Waals surface area contributed by atoms with E-state index >= 15 is 0 Å². The largest absolute Gasteiger partial charge is 0.309 e. The zero-order chi connectivity index (χ0) is 31.0. The summed E-state index contributed by atoms with van der Waals surface area (Å²) in [5.74, 6) is 0. The van der Waals surface area contributed by atoms with Gasteiger partial charge in [0.05, 0.1) is 16.4 Å². The van der Waals surface area contributed by atoms with Gasteiger partial charge in [-0.3, -0.25) is 0 Å². The lowest BCUT2D eigenvalue weighted by Gasteiger charge is -2.21. The molecular weight excluding hydrogens is 532 g/mol. The first kappa shape index (κ1) is 28.3. The van der Waals surface area contributed by atoms with Crippen molar-refractivity contribution in [3.8, 4) is 16.9 Å². The van der Waals surface area contributed by atoms with Crippen LogP contribution >= 0.6 is 0 Å². The highest BCUT2D eigenvalue weighted by Gasteiger charge is 2.23. The molecule has 2 heteroatoms. The number of para-hydroxylation sites is 2. The second kappa shape index (κ2) is 10.1. The first-order chi connectivity index (χ1) is 20.9. The summed E-state index contributed by atoms with van der Waals surface area (Å²) in [5.41, 5.74) is 10.7. The van der Waals surface area contributed by atoms with Crippen LogP contribution in [0.1, 0.15) is 58.2 Å². The molecule has 0 bridgehead atoms. The first-order valence-corrected chi connectivity index (χ1v) is 15.9. The van der Waals surface area contributed by atoms with Crippen molar-refractivity contribution >= 4 is 43.4 Å². The van der Waals surface area contributed by atoms with Gasteiger partial charge in [0, 0.05) is 33.5 Å². The van der Waals surface area contributed by atoms with Crippen molar-refractivity contribution < 1.29 is 4.57 Å². The number of benzene rings is 5. The van der Waals surface area contributed by atoms with Gasteiger partial charge in [0.25, 0.3) is 0 Å². The van der Waals surface area contributed by atoms with Gasteiger partial charge in [0.1, 0.15) is 7.05 Å². The molecule has 0 aliphatic rings. The third kappa shape index (κ3) is 4.68. The Kier molecular flexibility index (Phi) is 6.48. The topological polar surface area (TPSA) is 8.81 Å². The van der Waals surface area contributed by atoms with E-state index in [1.807, 2.05) is 0 Å². The van der Waals surface area contributed by atoms with Crippen LogP contribution in [0.5, 0.6) is 0 Å². The van der Waals surface area contributed by atoms with Gasteiger partial charge in [-0.25, -0.2) is 4.57 Å². The van der Waals surface area contributed by atoms with Crippen LogP contribution in [0.3, 0.4) is 0 Å². The second-order valence-corrected chi connectivity index (χ2v) is 14.9. The lowest BCUT2D eigenvalue weighted by Crippen LogP contribution is -2.31. The number of aryl methyl sites for hydroxylation is 2. The van der Waals surface area contributed by atoms with Crippen molar-refractivity contribution in [3.05, 3.63) is 120 Å². The monoisotopic (exact) mass is 575 g/mol. The molecule has 5 aromatic carbocycles. The van der Waals surface area contributed by atoms with Crippen LogP contribution in [0.2, 0.25) is 0 Å². The highest BCUT2D eigenvalue weighted by atomic mass is 15.0. The second-order valence-electron chi connectivity index (χ2n) is 14.9. The summed E-state index contributed by atoms with van der Waals surface area (Å²) in [5, 5.41) is 7.75. The molecule has 220 valence electrons. The fraction of sp³-hybridized carbons (Fsp3) is 0.262. The predicted molar refractivity (Wildman–Crippen MR) is 189 cm³/mol. The molecule has 0 aliphatic carbocycles. The fourth-order valence-electron chi connectivity index (χ4n) is 7.07. The Hall–Kier alpha value is -4.43. The van der Waals surface area contributed by atoms with Gasteiger partial charge in [-0.05, 0) is 82.0 Å². The molecule has 0 aliphatic heterocycles. The lowest BCUT2D eigenvalue weighted by atomic mass is 9.84. The van der Waals surface area contributed by atoms with E-state index in [2.05, 4.69) is 168 Å². The number of rotatable bonds is 3. The number of hydrogen-bond acceptors (Lipinski definition) is 0. The van der Waals surface area contributed by atoms with E-state index in [4.69, 9.17) is 0 Å². The zero-order valence-electron chi connectivity index (χ0n) is 27.4. The maximum Gasteiger partial charge on any atom is 0.220 e. The van der Waals surface area contributed by atoms with E-state index in [1.54, 1.807) is 0 Å². The van der Waals surface area contributed by atoms with Crippen molar-refractivity contribution in [1.82, 2.24) is 4.57 Å². The summed E-state index contributed by atoms with van der Waals surface area (Å²) >= 11 is 0. The average molecular weight is 576 g/mol. The molecule has 0 saturated heterocycles. The molecule has 44 heavy (non-hydrogen) atoms. The molecular formula is C42H43N2+. The molecule has 7 rings (SSSR count). The van der Waals surface area contributed by atoms with Gasteiger partial charge in [0.2, 0.25) is 5.69 Å². The Balaban J connectivity index is 1.46. The van der Waals surface area contributed by atoms with E-state index in [-0.39, 0.29) is 10.8 Å². The van der Waals surface area contributed by atoms with Crippen LogP contribution in [0.15, 0.2) is 103 Å². The van der Waals surface area contributed by atoms with Crippen LogP contribution < -0.4 is 4.57 Å². The number of nitrogens with zero attached hydrogens (tertiary/aromatic N) is 2. The molecule has 0 radical (unpaired) electrons. The number of aromatic nitrogens is 2. The third-order valence-corrected chi connectivity index (χ3v) is 9.23. The van der Waals surface area contributed by atoms with E-state index < -0.39 is 0 Å². The van der Waals surface area contributed by atoms with Gasteiger partial charge in [-0.15, -0.1) is 0 Å². The molecule has 0 saturated carbocycles. The van der Waals surface area contributed by atoms with Gasteiger partial charge in [-0.2, -0.15) is 0 Å². The number of pyridine rings is 1. The van der Waals surface area contributed by atoms with Crippen LogP contribution in [0, 0.1) is 12.3 Å². The molecule has 7 aromatic rings. The van der Waals surface area contributed by atoms with E-state index in [0.29, 0.717) is 0 Å². The summed E-state index contributed by atoms with van der Waals surface area (Å²) in [6.07, 6.45) is 3.24. The quantitative estimate of drug-likeness (QED) is 0.146. The SMILES string of the molecule is Cc1ccc(C(C)(C)C)cc1-c1c2ccc3cc(-n4c5ccccc5c5cccc(CC(C)(C)C)c54)ccc3c2cc[n+]1C. The first-order valence-electron chi connectivity index (χ1n) is 15.9. The minimum Gasteiger partial charge on any atom is -0.309 e. The van der Waals surface area contributed by atoms with Gasteiger partial charge in [0.15, 0.2) is 6.20 Å². The summed E-state index contributed by atoms with van der Waals surface area (Å²) in [4.78, 5) is 0. The van der Waals surface area contributed by atoms with Crippen LogP contribution in [-0.2, 0) is 18.9 Å². The van der Waals surface area contributed by atoms with Gasteiger partial charge in [-0.1, -0.05) is 102 Å². The Morgan fingerprint density at radius 3 is 2.18 bits per heavy atom. The van der Waals surface area contributed by atoms with Crippen LogP contribution in [-0.4, -0.2) is 4.57 Å². The van der Waals surface area contributed by atoms with E-state index in [9.17, 15) is 0 Å². The molecule has 2 nitrogen and oxygen atoms in total. The Morgan fingerprint density at radius 1 is 0.659 bits per heavy atom. The normalized spacial score (nSPS) is 12.6. The number of hydrogen-bond donors (Lipinski definition) is 0.